The summed E-state index contributed by atoms with van der Waals surface area (Å²) in [6.45, 7) is 5.83. The Balaban J connectivity index is 1.95. The second-order valence-corrected chi connectivity index (χ2v) is 4.61. The maximum Gasteiger partial charge on any atom is 0.0363 e. The van der Waals surface area contributed by atoms with Gasteiger partial charge in [0, 0.05) is 19.3 Å². The van der Waals surface area contributed by atoms with Crippen LogP contribution in [0.3, 0.4) is 0 Å². The van der Waals surface area contributed by atoms with Crippen LogP contribution in [0, 0.1) is 11.8 Å². The first-order chi connectivity index (χ1) is 7.27. The molecule has 1 N–H and O–H groups in total. The second kappa shape index (κ2) is 4.67. The molecule has 0 bridgehead atoms. The van der Waals surface area contributed by atoms with Crippen LogP contribution in [0.2, 0.25) is 0 Å². The third kappa shape index (κ3) is 2.51. The van der Waals surface area contributed by atoms with Gasteiger partial charge in [-0.15, -0.1) is 0 Å². The summed E-state index contributed by atoms with van der Waals surface area (Å²) < 4.78 is 0. The Kier molecular flexibility index (Phi) is 3.27. The molecular weight excluding hydrogens is 184 g/mol. The number of hydrogen-bond donors (Lipinski definition) is 1. The Morgan fingerprint density at radius 2 is 2.00 bits per heavy atom. The number of nitrogens with zero attached hydrogens (tertiary/aromatic N) is 1. The number of anilines is 1. The Morgan fingerprint density at radius 3 is 2.60 bits per heavy atom. The third-order valence-electron chi connectivity index (χ3n) is 3.38. The zero-order valence-electron chi connectivity index (χ0n) is 9.61. The number of hydrogen-bond acceptors (Lipinski definition) is 2. The van der Waals surface area contributed by atoms with Crippen LogP contribution in [-0.2, 0) is 0 Å². The van der Waals surface area contributed by atoms with Gasteiger partial charge in [-0.05, 0) is 37.1 Å². The molecule has 2 nitrogen and oxygen atoms in total. The van der Waals surface area contributed by atoms with E-state index in [1.165, 1.54) is 18.8 Å². The zero-order valence-corrected chi connectivity index (χ0v) is 9.61. The van der Waals surface area contributed by atoms with Gasteiger partial charge in [-0.25, -0.2) is 0 Å². The number of nitrogens with one attached hydrogen (secondary N) is 1. The molecule has 1 aromatic carbocycles. The normalized spacial score (nSPS) is 25.5. The molecule has 0 aliphatic carbocycles. The Hall–Kier alpha value is -1.02. The lowest BCUT2D eigenvalue weighted by Crippen LogP contribution is -2.28. The van der Waals surface area contributed by atoms with Gasteiger partial charge in [0.2, 0.25) is 0 Å². The molecule has 0 amide bonds. The first kappa shape index (κ1) is 10.5. The van der Waals surface area contributed by atoms with Crippen molar-refractivity contribution in [2.45, 2.75) is 6.92 Å². The van der Waals surface area contributed by atoms with Crippen LogP contribution in [0.5, 0.6) is 0 Å². The summed E-state index contributed by atoms with van der Waals surface area (Å²) in [6.07, 6.45) is 0. The Morgan fingerprint density at radius 1 is 1.27 bits per heavy atom. The molecule has 1 aromatic rings. The van der Waals surface area contributed by atoms with E-state index in [4.69, 9.17) is 0 Å². The van der Waals surface area contributed by atoms with Crippen molar-refractivity contribution in [1.82, 2.24) is 5.32 Å². The van der Waals surface area contributed by atoms with Crippen molar-refractivity contribution in [3.8, 4) is 0 Å². The van der Waals surface area contributed by atoms with Gasteiger partial charge < -0.3 is 10.2 Å². The van der Waals surface area contributed by atoms with E-state index in [-0.39, 0.29) is 0 Å². The predicted molar refractivity (Wildman–Crippen MR) is 65.2 cm³/mol. The summed E-state index contributed by atoms with van der Waals surface area (Å²) in [5.41, 5.74) is 1.32. The maximum absolute atomic E-state index is 3.45. The van der Waals surface area contributed by atoms with Crippen molar-refractivity contribution in [1.29, 1.82) is 0 Å². The van der Waals surface area contributed by atoms with E-state index >= 15 is 0 Å². The zero-order chi connectivity index (χ0) is 10.7. The van der Waals surface area contributed by atoms with Gasteiger partial charge in [0.05, 0.1) is 0 Å². The van der Waals surface area contributed by atoms with Crippen LogP contribution in [-0.4, -0.2) is 26.7 Å². The summed E-state index contributed by atoms with van der Waals surface area (Å²) in [5.74, 6) is 1.59. The highest BCUT2D eigenvalue weighted by molar-refractivity contribution is 5.45. The third-order valence-corrected chi connectivity index (χ3v) is 3.38. The van der Waals surface area contributed by atoms with Gasteiger partial charge >= 0.3 is 0 Å². The molecule has 1 fully saturated rings. The lowest BCUT2D eigenvalue weighted by molar-refractivity contribution is 0.455. The summed E-state index contributed by atoms with van der Waals surface area (Å²) in [6, 6.07) is 10.6. The van der Waals surface area contributed by atoms with Crippen molar-refractivity contribution in [2.75, 3.05) is 31.6 Å². The van der Waals surface area contributed by atoms with Gasteiger partial charge in [-0.1, -0.05) is 25.1 Å². The fourth-order valence-electron chi connectivity index (χ4n) is 2.25. The van der Waals surface area contributed by atoms with Gasteiger partial charge in [-0.3, -0.25) is 0 Å². The fraction of sp³-hybridized carbons (Fsp3) is 0.538. The number of para-hydroxylation sites is 1. The summed E-state index contributed by atoms with van der Waals surface area (Å²) in [4.78, 5) is 2.36. The largest absolute Gasteiger partial charge is 0.374 e. The standard InChI is InChI=1S/C13H20N2/c1-11-8-14-9-12(11)10-15(2)13-6-4-3-5-7-13/h3-7,11-12,14H,8-10H2,1-2H3/t11-,12+/m1/s1. The van der Waals surface area contributed by atoms with E-state index in [0.29, 0.717) is 0 Å². The molecule has 1 aliphatic rings. The molecule has 0 radical (unpaired) electrons. The molecule has 1 saturated heterocycles. The van der Waals surface area contributed by atoms with Crippen molar-refractivity contribution in [2.24, 2.45) is 11.8 Å². The maximum atomic E-state index is 3.45. The molecule has 0 unspecified atom stereocenters. The van der Waals surface area contributed by atoms with Gasteiger partial charge in [-0.2, -0.15) is 0 Å². The van der Waals surface area contributed by atoms with E-state index in [9.17, 15) is 0 Å². The Bertz CT molecular complexity index is 297. The van der Waals surface area contributed by atoms with Crippen molar-refractivity contribution >= 4 is 5.69 Å². The molecule has 1 aliphatic heterocycles. The van der Waals surface area contributed by atoms with Crippen LogP contribution in [0.15, 0.2) is 30.3 Å². The van der Waals surface area contributed by atoms with E-state index < -0.39 is 0 Å². The average Bonchev–Trinajstić information content (AvgIpc) is 2.66. The van der Waals surface area contributed by atoms with Crippen LogP contribution in [0.1, 0.15) is 6.92 Å². The molecule has 2 heteroatoms. The molecule has 0 aromatic heterocycles. The SMILES string of the molecule is C[C@@H]1CNC[C@H]1CN(C)c1ccccc1. The first-order valence-electron chi connectivity index (χ1n) is 5.74. The second-order valence-electron chi connectivity index (χ2n) is 4.61. The van der Waals surface area contributed by atoms with Crippen LogP contribution >= 0.6 is 0 Å². The van der Waals surface area contributed by atoms with Crippen molar-refractivity contribution in [3.63, 3.8) is 0 Å². The van der Waals surface area contributed by atoms with Gasteiger partial charge in [0.25, 0.3) is 0 Å². The first-order valence-corrected chi connectivity index (χ1v) is 5.74. The minimum atomic E-state index is 0.787. The molecule has 15 heavy (non-hydrogen) atoms. The predicted octanol–water partition coefficient (Wildman–Crippen LogP) is 1.98. The van der Waals surface area contributed by atoms with Crippen LogP contribution in [0.4, 0.5) is 5.69 Å². The van der Waals surface area contributed by atoms with Gasteiger partial charge in [0.1, 0.15) is 0 Å². The van der Waals surface area contributed by atoms with E-state index in [1.807, 2.05) is 0 Å². The lowest BCUT2D eigenvalue weighted by Gasteiger charge is -2.24. The minimum absolute atomic E-state index is 0.787. The average molecular weight is 204 g/mol. The molecular formula is C13H20N2. The molecule has 2 rings (SSSR count). The van der Waals surface area contributed by atoms with E-state index in [1.54, 1.807) is 0 Å². The topological polar surface area (TPSA) is 15.3 Å². The highest BCUT2D eigenvalue weighted by atomic mass is 15.1. The highest BCUT2D eigenvalue weighted by Gasteiger charge is 2.23. The molecule has 82 valence electrons. The number of rotatable bonds is 3. The Labute approximate surface area is 92.3 Å². The number of benzene rings is 1. The molecule has 0 spiro atoms. The molecule has 0 saturated carbocycles. The highest BCUT2D eigenvalue weighted by Crippen LogP contribution is 2.20. The summed E-state index contributed by atoms with van der Waals surface area (Å²) in [5, 5.41) is 3.45. The smallest absolute Gasteiger partial charge is 0.0363 e. The van der Waals surface area contributed by atoms with Crippen LogP contribution < -0.4 is 10.2 Å². The monoisotopic (exact) mass is 204 g/mol. The molecule has 2 atom stereocenters. The van der Waals surface area contributed by atoms with E-state index in [2.05, 4.69) is 54.5 Å². The van der Waals surface area contributed by atoms with Crippen molar-refractivity contribution in [3.05, 3.63) is 30.3 Å². The van der Waals surface area contributed by atoms with Crippen molar-refractivity contribution < 1.29 is 0 Å². The lowest BCUT2D eigenvalue weighted by atomic mass is 9.97. The molecule has 1 heterocycles. The minimum Gasteiger partial charge on any atom is -0.374 e. The van der Waals surface area contributed by atoms with Crippen LogP contribution in [0.25, 0.3) is 0 Å². The van der Waals surface area contributed by atoms with E-state index in [0.717, 1.165) is 18.4 Å². The fourth-order valence-corrected chi connectivity index (χ4v) is 2.25. The van der Waals surface area contributed by atoms with Gasteiger partial charge in [0.15, 0.2) is 0 Å². The quantitative estimate of drug-likeness (QED) is 0.810. The summed E-state index contributed by atoms with van der Waals surface area (Å²) in [7, 11) is 2.18. The summed E-state index contributed by atoms with van der Waals surface area (Å²) >= 11 is 0.